The first kappa shape index (κ1) is 13.1. The number of nitrogens with one attached hydrogen (secondary N) is 1. The van der Waals surface area contributed by atoms with Gasteiger partial charge in [0.05, 0.1) is 12.2 Å². The van der Waals surface area contributed by atoms with E-state index in [1.807, 2.05) is 6.92 Å². The molecule has 0 saturated carbocycles. The Bertz CT molecular complexity index is 619. The van der Waals surface area contributed by atoms with Gasteiger partial charge in [0, 0.05) is 5.56 Å². The van der Waals surface area contributed by atoms with Crippen LogP contribution in [-0.4, -0.2) is 11.1 Å². The summed E-state index contributed by atoms with van der Waals surface area (Å²) >= 11 is 0. The van der Waals surface area contributed by atoms with Crippen molar-refractivity contribution < 1.29 is 18.7 Å². The van der Waals surface area contributed by atoms with Crippen LogP contribution in [0.1, 0.15) is 27.4 Å². The molecule has 4 nitrogen and oxygen atoms in total. The van der Waals surface area contributed by atoms with E-state index in [1.54, 1.807) is 25.1 Å². The summed E-state index contributed by atoms with van der Waals surface area (Å²) in [6.45, 7) is 3.69. The van der Waals surface area contributed by atoms with Crippen LogP contribution < -0.4 is 5.32 Å². The maximum Gasteiger partial charge on any atom is 0.372 e. The standard InChI is InChI=1S/C14H14FNO3/c1-8-3-4-12(11(15)5-8)16-7-10-6-9(2)13(19-10)14(17)18/h3-6,16H,7H2,1-2H3,(H,17,18). The van der Waals surface area contributed by atoms with Crippen molar-refractivity contribution in [3.05, 3.63) is 52.7 Å². The predicted octanol–water partition coefficient (Wildman–Crippen LogP) is 3.35. The minimum atomic E-state index is -1.11. The lowest BCUT2D eigenvalue weighted by atomic mass is 10.2. The quantitative estimate of drug-likeness (QED) is 0.888. The summed E-state index contributed by atoms with van der Waals surface area (Å²) < 4.78 is 18.8. The van der Waals surface area contributed by atoms with Crippen molar-refractivity contribution in [2.24, 2.45) is 0 Å². The van der Waals surface area contributed by atoms with Gasteiger partial charge in [-0.15, -0.1) is 0 Å². The molecule has 2 N–H and O–H groups in total. The molecule has 1 heterocycles. The van der Waals surface area contributed by atoms with Crippen molar-refractivity contribution in [2.75, 3.05) is 5.32 Å². The van der Waals surface area contributed by atoms with Gasteiger partial charge < -0.3 is 14.8 Å². The molecule has 0 amide bonds. The fourth-order valence-corrected chi connectivity index (χ4v) is 1.79. The normalized spacial score (nSPS) is 10.5. The number of benzene rings is 1. The Balaban J connectivity index is 2.10. The zero-order valence-corrected chi connectivity index (χ0v) is 10.7. The summed E-state index contributed by atoms with van der Waals surface area (Å²) in [7, 11) is 0. The third-order valence-corrected chi connectivity index (χ3v) is 2.74. The van der Waals surface area contributed by atoms with E-state index in [0.29, 0.717) is 17.0 Å². The summed E-state index contributed by atoms with van der Waals surface area (Å²) in [4.78, 5) is 10.8. The molecule has 0 saturated heterocycles. The average molecular weight is 263 g/mol. The zero-order chi connectivity index (χ0) is 14.0. The summed E-state index contributed by atoms with van der Waals surface area (Å²) in [6.07, 6.45) is 0. The molecule has 0 atom stereocenters. The average Bonchev–Trinajstić information content (AvgIpc) is 2.69. The molecule has 0 fully saturated rings. The molecule has 5 heteroatoms. The molecule has 100 valence electrons. The van der Waals surface area contributed by atoms with Gasteiger partial charge in [-0.3, -0.25) is 0 Å². The summed E-state index contributed by atoms with van der Waals surface area (Å²) in [5, 5.41) is 11.7. The Kier molecular flexibility index (Phi) is 3.55. The second-order valence-corrected chi connectivity index (χ2v) is 4.37. The number of hydrogen-bond donors (Lipinski definition) is 2. The molecular formula is C14H14FNO3. The van der Waals surface area contributed by atoms with Gasteiger partial charge in [0.25, 0.3) is 0 Å². The monoisotopic (exact) mass is 263 g/mol. The van der Waals surface area contributed by atoms with E-state index in [2.05, 4.69) is 5.32 Å². The van der Waals surface area contributed by atoms with Gasteiger partial charge in [0.1, 0.15) is 11.6 Å². The number of carbonyl (C=O) groups is 1. The Morgan fingerprint density at radius 3 is 2.68 bits per heavy atom. The summed E-state index contributed by atoms with van der Waals surface area (Å²) in [5.41, 5.74) is 1.75. The molecule has 0 unspecified atom stereocenters. The van der Waals surface area contributed by atoms with E-state index in [-0.39, 0.29) is 18.1 Å². The van der Waals surface area contributed by atoms with Gasteiger partial charge in [0.15, 0.2) is 0 Å². The summed E-state index contributed by atoms with van der Waals surface area (Å²) in [6, 6.07) is 6.49. The van der Waals surface area contributed by atoms with E-state index in [1.165, 1.54) is 6.07 Å². The van der Waals surface area contributed by atoms with Crippen molar-refractivity contribution in [2.45, 2.75) is 20.4 Å². The maximum absolute atomic E-state index is 13.6. The molecule has 0 aliphatic heterocycles. The lowest BCUT2D eigenvalue weighted by Gasteiger charge is -2.06. The highest BCUT2D eigenvalue weighted by Crippen LogP contribution is 2.19. The molecule has 0 aliphatic rings. The van der Waals surface area contributed by atoms with Crippen LogP contribution >= 0.6 is 0 Å². The molecule has 1 aromatic carbocycles. The number of aromatic carboxylic acids is 1. The smallest absolute Gasteiger partial charge is 0.372 e. The van der Waals surface area contributed by atoms with Crippen molar-refractivity contribution in [1.82, 2.24) is 0 Å². The number of hydrogen-bond acceptors (Lipinski definition) is 3. The minimum Gasteiger partial charge on any atom is -0.475 e. The highest BCUT2D eigenvalue weighted by molar-refractivity contribution is 5.86. The Morgan fingerprint density at radius 2 is 2.11 bits per heavy atom. The number of halogens is 1. The number of rotatable bonds is 4. The van der Waals surface area contributed by atoms with Crippen LogP contribution in [0.25, 0.3) is 0 Å². The Hall–Kier alpha value is -2.30. The first-order valence-electron chi connectivity index (χ1n) is 5.80. The second kappa shape index (κ2) is 5.14. The fourth-order valence-electron chi connectivity index (χ4n) is 1.79. The van der Waals surface area contributed by atoms with E-state index >= 15 is 0 Å². The van der Waals surface area contributed by atoms with Gasteiger partial charge in [-0.05, 0) is 37.6 Å². The van der Waals surface area contributed by atoms with Crippen molar-refractivity contribution in [3.8, 4) is 0 Å². The fraction of sp³-hybridized carbons (Fsp3) is 0.214. The van der Waals surface area contributed by atoms with Crippen LogP contribution in [-0.2, 0) is 6.54 Å². The third-order valence-electron chi connectivity index (χ3n) is 2.74. The SMILES string of the molecule is Cc1ccc(NCc2cc(C)c(C(=O)O)o2)c(F)c1. The highest BCUT2D eigenvalue weighted by atomic mass is 19.1. The van der Waals surface area contributed by atoms with Gasteiger partial charge in [-0.2, -0.15) is 0 Å². The maximum atomic E-state index is 13.6. The van der Waals surface area contributed by atoms with E-state index < -0.39 is 5.97 Å². The Morgan fingerprint density at radius 1 is 1.37 bits per heavy atom. The van der Waals surface area contributed by atoms with Gasteiger partial charge in [0.2, 0.25) is 5.76 Å². The molecule has 1 aromatic heterocycles. The molecule has 0 spiro atoms. The molecule has 0 bridgehead atoms. The van der Waals surface area contributed by atoms with Crippen LogP contribution in [0.4, 0.5) is 10.1 Å². The lowest BCUT2D eigenvalue weighted by molar-refractivity contribution is 0.0659. The molecule has 2 aromatic rings. The van der Waals surface area contributed by atoms with E-state index in [4.69, 9.17) is 9.52 Å². The van der Waals surface area contributed by atoms with Gasteiger partial charge >= 0.3 is 5.97 Å². The first-order valence-corrected chi connectivity index (χ1v) is 5.80. The molecule has 0 aliphatic carbocycles. The predicted molar refractivity (Wildman–Crippen MR) is 68.9 cm³/mol. The van der Waals surface area contributed by atoms with Crippen LogP contribution in [0.2, 0.25) is 0 Å². The highest BCUT2D eigenvalue weighted by Gasteiger charge is 2.14. The molecule has 19 heavy (non-hydrogen) atoms. The largest absolute Gasteiger partial charge is 0.475 e. The van der Waals surface area contributed by atoms with Crippen LogP contribution in [0, 0.1) is 19.7 Å². The third kappa shape index (κ3) is 2.93. The lowest BCUT2D eigenvalue weighted by Crippen LogP contribution is -2.01. The van der Waals surface area contributed by atoms with Crippen molar-refractivity contribution in [3.63, 3.8) is 0 Å². The number of carboxylic acids is 1. The van der Waals surface area contributed by atoms with E-state index in [9.17, 15) is 9.18 Å². The van der Waals surface area contributed by atoms with Crippen LogP contribution in [0.3, 0.4) is 0 Å². The molecular weight excluding hydrogens is 249 g/mol. The number of anilines is 1. The number of aryl methyl sites for hydroxylation is 2. The number of furan rings is 1. The first-order chi connectivity index (χ1) is 8.97. The molecule has 0 radical (unpaired) electrons. The second-order valence-electron chi connectivity index (χ2n) is 4.37. The van der Waals surface area contributed by atoms with Gasteiger partial charge in [-0.25, -0.2) is 9.18 Å². The van der Waals surface area contributed by atoms with Gasteiger partial charge in [-0.1, -0.05) is 6.07 Å². The Labute approximate surface area is 109 Å². The van der Waals surface area contributed by atoms with Crippen LogP contribution in [0.5, 0.6) is 0 Å². The topological polar surface area (TPSA) is 62.5 Å². The molecule has 2 rings (SSSR count). The van der Waals surface area contributed by atoms with Crippen LogP contribution in [0.15, 0.2) is 28.7 Å². The minimum absolute atomic E-state index is 0.0822. The van der Waals surface area contributed by atoms with E-state index in [0.717, 1.165) is 5.56 Å². The van der Waals surface area contributed by atoms with Crippen molar-refractivity contribution in [1.29, 1.82) is 0 Å². The summed E-state index contributed by atoms with van der Waals surface area (Å²) in [5.74, 6) is -1.08. The van der Waals surface area contributed by atoms with Crippen molar-refractivity contribution >= 4 is 11.7 Å². The zero-order valence-electron chi connectivity index (χ0n) is 10.7. The number of carboxylic acid groups (broad SMARTS) is 1.